The van der Waals surface area contributed by atoms with Gasteiger partial charge in [-0.1, -0.05) is 12.1 Å². The summed E-state index contributed by atoms with van der Waals surface area (Å²) >= 11 is 0. The molecule has 1 aromatic rings. The largest absolute Gasteiger partial charge is 0.289 e. The predicted molar refractivity (Wildman–Crippen MR) is 53.8 cm³/mol. The molecular formula is C9H10FNO4S. The number of hydroxylamine groups is 1. The molecule has 0 spiro atoms. The molecule has 0 unspecified atom stereocenters. The van der Waals surface area contributed by atoms with Gasteiger partial charge in [0.05, 0.1) is 5.75 Å². The fourth-order valence-corrected chi connectivity index (χ4v) is 2.38. The van der Waals surface area contributed by atoms with Crippen molar-refractivity contribution < 1.29 is 22.8 Å². The lowest BCUT2D eigenvalue weighted by atomic mass is 10.2. The molecule has 88 valence electrons. The van der Waals surface area contributed by atoms with Crippen molar-refractivity contribution in [3.05, 3.63) is 35.6 Å². The van der Waals surface area contributed by atoms with Crippen LogP contribution in [0, 0.1) is 5.82 Å². The van der Waals surface area contributed by atoms with Gasteiger partial charge in [-0.05, 0) is 17.7 Å². The van der Waals surface area contributed by atoms with Crippen LogP contribution in [0.15, 0.2) is 24.3 Å². The molecule has 0 aromatic heterocycles. The Morgan fingerprint density at radius 2 is 1.88 bits per heavy atom. The molecule has 0 atom stereocenters. The summed E-state index contributed by atoms with van der Waals surface area (Å²) in [4.78, 5) is 10.7. The number of carbonyl (C=O) groups excluding carboxylic acids is 1. The molecule has 16 heavy (non-hydrogen) atoms. The van der Waals surface area contributed by atoms with Crippen molar-refractivity contribution in [3.8, 4) is 0 Å². The Morgan fingerprint density at radius 3 is 2.38 bits per heavy atom. The van der Waals surface area contributed by atoms with Crippen molar-refractivity contribution in [1.82, 2.24) is 5.48 Å². The smallest absolute Gasteiger partial charge is 0.258 e. The van der Waals surface area contributed by atoms with E-state index in [4.69, 9.17) is 5.21 Å². The van der Waals surface area contributed by atoms with Gasteiger partial charge in [-0.3, -0.25) is 10.0 Å². The minimum atomic E-state index is -3.65. The zero-order valence-corrected chi connectivity index (χ0v) is 9.00. The number of carbonyl (C=O) groups is 1. The van der Waals surface area contributed by atoms with Crippen molar-refractivity contribution >= 4 is 15.7 Å². The highest BCUT2D eigenvalue weighted by Crippen LogP contribution is 2.08. The normalized spacial score (nSPS) is 11.1. The summed E-state index contributed by atoms with van der Waals surface area (Å²) in [5.74, 6) is -2.64. The first kappa shape index (κ1) is 12.6. The van der Waals surface area contributed by atoms with Crippen LogP contribution in [0.5, 0.6) is 0 Å². The molecule has 0 saturated heterocycles. The monoisotopic (exact) mass is 247 g/mol. The maximum absolute atomic E-state index is 12.5. The van der Waals surface area contributed by atoms with Gasteiger partial charge in [0.2, 0.25) is 0 Å². The van der Waals surface area contributed by atoms with Crippen LogP contribution in [0.3, 0.4) is 0 Å². The minimum Gasteiger partial charge on any atom is -0.289 e. The van der Waals surface area contributed by atoms with Crippen LogP contribution in [-0.4, -0.2) is 25.3 Å². The number of hydrogen-bond acceptors (Lipinski definition) is 4. The van der Waals surface area contributed by atoms with E-state index in [1.165, 1.54) is 17.6 Å². The first-order valence-corrected chi connectivity index (χ1v) is 6.13. The van der Waals surface area contributed by atoms with Crippen LogP contribution in [0.2, 0.25) is 0 Å². The first-order chi connectivity index (χ1) is 7.43. The number of rotatable bonds is 4. The highest BCUT2D eigenvalue weighted by molar-refractivity contribution is 7.91. The molecule has 0 aliphatic heterocycles. The molecule has 0 saturated carbocycles. The van der Waals surface area contributed by atoms with E-state index in [0.717, 1.165) is 12.1 Å². The van der Waals surface area contributed by atoms with Gasteiger partial charge >= 0.3 is 0 Å². The van der Waals surface area contributed by atoms with Crippen LogP contribution >= 0.6 is 0 Å². The number of amides is 1. The van der Waals surface area contributed by atoms with E-state index in [9.17, 15) is 17.6 Å². The second-order valence-corrected chi connectivity index (χ2v) is 5.26. The highest BCUT2D eigenvalue weighted by atomic mass is 32.2. The lowest BCUT2D eigenvalue weighted by Gasteiger charge is -2.03. The van der Waals surface area contributed by atoms with Crippen LogP contribution in [-0.2, 0) is 20.4 Å². The Balaban J connectivity index is 2.73. The van der Waals surface area contributed by atoms with Gasteiger partial charge in [-0.25, -0.2) is 18.3 Å². The summed E-state index contributed by atoms with van der Waals surface area (Å²) in [7, 11) is -3.65. The number of hydrogen-bond donors (Lipinski definition) is 2. The Morgan fingerprint density at radius 1 is 1.31 bits per heavy atom. The van der Waals surface area contributed by atoms with Crippen LogP contribution in [0.25, 0.3) is 0 Å². The van der Waals surface area contributed by atoms with Gasteiger partial charge in [0.25, 0.3) is 5.91 Å². The molecule has 0 bridgehead atoms. The van der Waals surface area contributed by atoms with Crippen molar-refractivity contribution in [1.29, 1.82) is 0 Å². The molecule has 1 amide bonds. The highest BCUT2D eigenvalue weighted by Gasteiger charge is 2.16. The molecule has 1 aromatic carbocycles. The van der Waals surface area contributed by atoms with Crippen LogP contribution in [0.1, 0.15) is 5.56 Å². The number of benzene rings is 1. The van der Waals surface area contributed by atoms with Crippen LogP contribution in [0.4, 0.5) is 4.39 Å². The van der Waals surface area contributed by atoms with E-state index in [-0.39, 0.29) is 5.75 Å². The maximum Gasteiger partial charge on any atom is 0.258 e. The quantitative estimate of drug-likeness (QED) is 0.590. The summed E-state index contributed by atoms with van der Waals surface area (Å²) in [5.41, 5.74) is 1.62. The molecule has 0 heterocycles. The summed E-state index contributed by atoms with van der Waals surface area (Å²) in [6, 6.07) is 4.92. The second kappa shape index (κ2) is 5.04. The summed E-state index contributed by atoms with van der Waals surface area (Å²) in [5, 5.41) is 8.19. The molecule has 0 fully saturated rings. The summed E-state index contributed by atoms with van der Waals surface area (Å²) in [6.45, 7) is 0. The Hall–Kier alpha value is -1.47. The molecule has 1 rings (SSSR count). The molecule has 0 aliphatic rings. The number of nitrogens with one attached hydrogen (secondary N) is 1. The minimum absolute atomic E-state index is 0.374. The van der Waals surface area contributed by atoms with Crippen molar-refractivity contribution in [3.63, 3.8) is 0 Å². The second-order valence-electron chi connectivity index (χ2n) is 3.19. The average molecular weight is 247 g/mol. The predicted octanol–water partition coefficient (Wildman–Crippen LogP) is 0.246. The SMILES string of the molecule is O=C(CS(=O)(=O)Cc1ccc(F)cc1)NO. The molecule has 7 heteroatoms. The molecule has 0 aliphatic carbocycles. The zero-order chi connectivity index (χ0) is 12.2. The number of sulfone groups is 1. The van der Waals surface area contributed by atoms with Gasteiger partial charge in [-0.15, -0.1) is 0 Å². The van der Waals surface area contributed by atoms with E-state index in [1.807, 2.05) is 0 Å². The molecule has 2 N–H and O–H groups in total. The summed E-state index contributed by atoms with van der Waals surface area (Å²) in [6.07, 6.45) is 0. The Kier molecular flexibility index (Phi) is 3.97. The maximum atomic E-state index is 12.5. The van der Waals surface area contributed by atoms with E-state index in [2.05, 4.69) is 0 Å². The number of halogens is 1. The molecule has 0 radical (unpaired) electrons. The van der Waals surface area contributed by atoms with Crippen LogP contribution < -0.4 is 5.48 Å². The zero-order valence-electron chi connectivity index (χ0n) is 8.18. The van der Waals surface area contributed by atoms with E-state index in [1.54, 1.807) is 0 Å². The standard InChI is InChI=1S/C9H10FNO4S/c10-8-3-1-7(2-4-8)5-16(14,15)6-9(12)11-13/h1-4,13H,5-6H2,(H,11,12). The van der Waals surface area contributed by atoms with Gasteiger partial charge in [0.1, 0.15) is 11.6 Å². The first-order valence-electron chi connectivity index (χ1n) is 4.31. The fourth-order valence-electron chi connectivity index (χ4n) is 1.12. The van der Waals surface area contributed by atoms with Gasteiger partial charge in [0.15, 0.2) is 9.84 Å². The van der Waals surface area contributed by atoms with Crippen molar-refractivity contribution in [2.24, 2.45) is 0 Å². The lowest BCUT2D eigenvalue weighted by molar-refractivity contribution is -0.126. The van der Waals surface area contributed by atoms with Gasteiger partial charge in [0, 0.05) is 0 Å². The topological polar surface area (TPSA) is 83.5 Å². The third-order valence-corrected chi connectivity index (χ3v) is 3.25. The summed E-state index contributed by atoms with van der Waals surface area (Å²) < 4.78 is 35.3. The van der Waals surface area contributed by atoms with E-state index >= 15 is 0 Å². The third kappa shape index (κ3) is 3.95. The van der Waals surface area contributed by atoms with E-state index < -0.39 is 27.3 Å². The lowest BCUT2D eigenvalue weighted by Crippen LogP contribution is -2.28. The van der Waals surface area contributed by atoms with Crippen molar-refractivity contribution in [2.75, 3.05) is 5.75 Å². The average Bonchev–Trinajstić information content (AvgIpc) is 2.20. The van der Waals surface area contributed by atoms with Crippen molar-refractivity contribution in [2.45, 2.75) is 5.75 Å². The Labute approximate surface area is 91.8 Å². The molecular weight excluding hydrogens is 237 g/mol. The Bertz CT molecular complexity index is 469. The molecule has 5 nitrogen and oxygen atoms in total. The van der Waals surface area contributed by atoms with E-state index in [0.29, 0.717) is 5.56 Å². The third-order valence-electron chi connectivity index (χ3n) is 1.78. The van der Waals surface area contributed by atoms with Gasteiger partial charge in [-0.2, -0.15) is 0 Å². The fraction of sp³-hybridized carbons (Fsp3) is 0.222. The van der Waals surface area contributed by atoms with Gasteiger partial charge < -0.3 is 0 Å².